The van der Waals surface area contributed by atoms with Crippen molar-refractivity contribution in [3.8, 4) is 5.69 Å². The molecule has 2 aromatic carbocycles. The Morgan fingerprint density at radius 1 is 1.03 bits per heavy atom. The molecule has 1 heterocycles. The number of hydrogen-bond acceptors (Lipinski definition) is 3. The van der Waals surface area contributed by atoms with Gasteiger partial charge in [-0.3, -0.25) is 19.0 Å². The Morgan fingerprint density at radius 2 is 1.79 bits per heavy atom. The van der Waals surface area contributed by atoms with Crippen LogP contribution in [0.4, 0.5) is 4.39 Å². The summed E-state index contributed by atoms with van der Waals surface area (Å²) in [6, 6.07) is 15.5. The second kappa shape index (κ2) is 7.01. The number of halogens is 1. The van der Waals surface area contributed by atoms with Crippen LogP contribution in [0.25, 0.3) is 5.69 Å². The first kappa shape index (κ1) is 18.6. The highest BCUT2D eigenvalue weighted by atomic mass is 19.1. The molecular weight excluding hydrogens is 373 g/mol. The third-order valence-corrected chi connectivity index (χ3v) is 5.09. The third kappa shape index (κ3) is 3.10. The lowest BCUT2D eigenvalue weighted by Crippen LogP contribution is -2.53. The number of nitrogens with zero attached hydrogens (tertiary/aromatic N) is 1. The summed E-state index contributed by atoms with van der Waals surface area (Å²) in [5.74, 6) is -1.78. The number of benzene rings is 2. The predicted octanol–water partition coefficient (Wildman–Crippen LogP) is 1.85. The molecule has 1 atom stereocenters. The fourth-order valence-electron chi connectivity index (χ4n) is 3.58. The highest BCUT2D eigenvalue weighted by Crippen LogP contribution is 2.37. The summed E-state index contributed by atoms with van der Waals surface area (Å²) in [4.78, 5) is 37.0. The van der Waals surface area contributed by atoms with E-state index in [9.17, 15) is 18.8 Å². The van der Waals surface area contributed by atoms with E-state index in [-0.39, 0.29) is 17.5 Å². The van der Waals surface area contributed by atoms with Crippen molar-refractivity contribution in [2.24, 2.45) is 5.73 Å². The van der Waals surface area contributed by atoms with Crippen molar-refractivity contribution in [1.29, 1.82) is 0 Å². The lowest BCUT2D eigenvalue weighted by atomic mass is 9.90. The zero-order valence-corrected chi connectivity index (χ0v) is 15.3. The fraction of sp³-hybridized carbons (Fsp3) is 0.0909. The molecule has 1 aliphatic carbocycles. The molecule has 7 heteroatoms. The summed E-state index contributed by atoms with van der Waals surface area (Å²) in [6.45, 7) is 0. The minimum atomic E-state index is -1.58. The molecule has 1 aromatic heterocycles. The number of primary amides is 1. The van der Waals surface area contributed by atoms with Crippen molar-refractivity contribution in [1.82, 2.24) is 9.88 Å². The smallest absolute Gasteiger partial charge is 0.255 e. The van der Waals surface area contributed by atoms with Crippen LogP contribution < -0.4 is 16.6 Å². The molecule has 29 heavy (non-hydrogen) atoms. The van der Waals surface area contributed by atoms with E-state index in [0.717, 1.165) is 0 Å². The minimum Gasteiger partial charge on any atom is -0.367 e. The van der Waals surface area contributed by atoms with Gasteiger partial charge in [0, 0.05) is 29.9 Å². The molecular formula is C22H17FN3O3. The van der Waals surface area contributed by atoms with Crippen LogP contribution in [-0.4, -0.2) is 16.4 Å². The monoisotopic (exact) mass is 390 g/mol. The maximum Gasteiger partial charge on any atom is 0.255 e. The molecule has 1 radical (unpaired) electrons. The Morgan fingerprint density at radius 3 is 2.48 bits per heavy atom. The molecule has 1 aliphatic rings. The van der Waals surface area contributed by atoms with E-state index >= 15 is 0 Å². The molecule has 3 aromatic rings. The van der Waals surface area contributed by atoms with Gasteiger partial charge in [0.15, 0.2) is 0 Å². The number of carbonyl (C=O) groups is 2. The Hall–Kier alpha value is -3.74. The number of pyridine rings is 1. The predicted molar refractivity (Wildman–Crippen MR) is 105 cm³/mol. The van der Waals surface area contributed by atoms with E-state index in [1.165, 1.54) is 29.2 Å². The molecule has 3 N–H and O–H groups in total. The molecule has 0 saturated carbocycles. The van der Waals surface area contributed by atoms with E-state index in [4.69, 9.17) is 5.73 Å². The Labute approximate surface area is 165 Å². The number of aromatic nitrogens is 1. The van der Waals surface area contributed by atoms with E-state index in [0.29, 0.717) is 16.8 Å². The van der Waals surface area contributed by atoms with Crippen LogP contribution in [0.2, 0.25) is 0 Å². The van der Waals surface area contributed by atoms with Crippen LogP contribution in [0.1, 0.15) is 21.5 Å². The van der Waals surface area contributed by atoms with Crippen molar-refractivity contribution in [2.45, 2.75) is 12.0 Å². The SMILES string of the molecule is NC(=O)C1(NC(=O)c2ccc(-n3ccccc3=O)cc2)[CH]Cc2c(F)cccc21. The van der Waals surface area contributed by atoms with E-state index in [1.54, 1.807) is 48.7 Å². The first-order valence-electron chi connectivity index (χ1n) is 8.95. The number of rotatable bonds is 4. The van der Waals surface area contributed by atoms with Crippen molar-refractivity contribution >= 4 is 11.8 Å². The highest BCUT2D eigenvalue weighted by Gasteiger charge is 2.46. The van der Waals surface area contributed by atoms with Crippen LogP contribution in [0.15, 0.2) is 71.7 Å². The van der Waals surface area contributed by atoms with E-state index in [1.807, 2.05) is 0 Å². The van der Waals surface area contributed by atoms with Crippen LogP contribution in [0.5, 0.6) is 0 Å². The van der Waals surface area contributed by atoms with E-state index < -0.39 is 23.2 Å². The number of fused-ring (bicyclic) bond motifs is 1. The topological polar surface area (TPSA) is 94.2 Å². The maximum atomic E-state index is 14.1. The molecule has 4 rings (SSSR count). The average molecular weight is 390 g/mol. The number of nitrogens with two attached hydrogens (primary N) is 1. The zero-order valence-electron chi connectivity index (χ0n) is 15.3. The summed E-state index contributed by atoms with van der Waals surface area (Å²) in [5, 5.41) is 2.66. The average Bonchev–Trinajstić information content (AvgIpc) is 3.10. The van der Waals surface area contributed by atoms with E-state index in [2.05, 4.69) is 5.32 Å². The van der Waals surface area contributed by atoms with Gasteiger partial charge >= 0.3 is 0 Å². The Balaban J connectivity index is 1.64. The molecule has 0 spiro atoms. The minimum absolute atomic E-state index is 0.182. The van der Waals surface area contributed by atoms with Crippen molar-refractivity contribution in [3.63, 3.8) is 0 Å². The van der Waals surface area contributed by atoms with Crippen molar-refractivity contribution in [2.75, 3.05) is 0 Å². The highest BCUT2D eigenvalue weighted by molar-refractivity contribution is 6.00. The molecule has 0 saturated heterocycles. The Kier molecular flexibility index (Phi) is 4.50. The second-order valence-corrected chi connectivity index (χ2v) is 6.76. The quantitative estimate of drug-likeness (QED) is 0.712. The maximum absolute atomic E-state index is 14.1. The van der Waals surface area contributed by atoms with Gasteiger partial charge in [0.25, 0.3) is 11.5 Å². The molecule has 145 valence electrons. The molecule has 2 amide bonds. The standard InChI is InChI=1S/C22H17FN3O3/c23-18-5-3-4-17-16(18)11-12-22(17,21(24)29)25-20(28)14-7-9-15(10-8-14)26-13-2-1-6-19(26)27/h1-10,12-13H,11H2,(H2,24,29)(H,25,28). The lowest BCUT2D eigenvalue weighted by molar-refractivity contribution is -0.123. The fourth-order valence-corrected chi connectivity index (χ4v) is 3.58. The summed E-state index contributed by atoms with van der Waals surface area (Å²) in [7, 11) is 0. The van der Waals surface area contributed by atoms with Gasteiger partial charge < -0.3 is 11.1 Å². The van der Waals surface area contributed by atoms with Crippen LogP contribution in [0.3, 0.4) is 0 Å². The van der Waals surface area contributed by atoms with Crippen LogP contribution in [-0.2, 0) is 16.8 Å². The van der Waals surface area contributed by atoms with Gasteiger partial charge in [0.1, 0.15) is 11.4 Å². The Bertz CT molecular complexity index is 1170. The summed E-state index contributed by atoms with van der Waals surface area (Å²) in [6.07, 6.45) is 3.32. The zero-order chi connectivity index (χ0) is 20.6. The van der Waals surface area contributed by atoms with Gasteiger partial charge in [0.05, 0.1) is 0 Å². The van der Waals surface area contributed by atoms with Gasteiger partial charge in [-0.25, -0.2) is 4.39 Å². The van der Waals surface area contributed by atoms with Crippen molar-refractivity contribution in [3.05, 3.63) is 106 Å². The van der Waals surface area contributed by atoms with Gasteiger partial charge in [-0.2, -0.15) is 0 Å². The lowest BCUT2D eigenvalue weighted by Gasteiger charge is -2.28. The number of nitrogens with one attached hydrogen (secondary N) is 1. The molecule has 6 nitrogen and oxygen atoms in total. The first-order valence-corrected chi connectivity index (χ1v) is 8.95. The van der Waals surface area contributed by atoms with Gasteiger partial charge in [-0.15, -0.1) is 0 Å². The first-order chi connectivity index (χ1) is 13.9. The third-order valence-electron chi connectivity index (χ3n) is 5.09. The molecule has 0 aliphatic heterocycles. The summed E-state index contributed by atoms with van der Waals surface area (Å²) < 4.78 is 15.5. The van der Waals surface area contributed by atoms with Crippen molar-refractivity contribution < 1.29 is 14.0 Å². The van der Waals surface area contributed by atoms with Crippen LogP contribution in [0, 0.1) is 12.2 Å². The van der Waals surface area contributed by atoms with Gasteiger partial charge in [-0.05, 0) is 53.9 Å². The largest absolute Gasteiger partial charge is 0.367 e. The van der Waals surface area contributed by atoms with Gasteiger partial charge in [-0.1, -0.05) is 18.2 Å². The molecule has 0 bridgehead atoms. The second-order valence-electron chi connectivity index (χ2n) is 6.76. The molecule has 0 fully saturated rings. The molecule has 1 unspecified atom stereocenters. The number of amides is 2. The number of carbonyl (C=O) groups excluding carboxylic acids is 2. The summed E-state index contributed by atoms with van der Waals surface area (Å²) in [5.41, 5.74) is 5.36. The number of hydrogen-bond donors (Lipinski definition) is 2. The summed E-state index contributed by atoms with van der Waals surface area (Å²) >= 11 is 0. The normalized spacial score (nSPS) is 17.6. The van der Waals surface area contributed by atoms with Crippen LogP contribution >= 0.6 is 0 Å². The van der Waals surface area contributed by atoms with Gasteiger partial charge in [0.2, 0.25) is 5.91 Å².